The molecule has 172 valence electrons. The standard InChI is InChI=1S/C26H44ClNO2/c1-4-5-6-7-8-9-10-11-12-13-14-15-16-17-22-28-25(29)26(2,3)30-24-20-18-23(27)19-21-24/h18-21H,4-17,22H2,1-3H3,(H,28,29). The molecule has 0 aliphatic carbocycles. The summed E-state index contributed by atoms with van der Waals surface area (Å²) in [6.07, 6.45) is 18.7. The van der Waals surface area contributed by atoms with Crippen LogP contribution in [0.2, 0.25) is 5.02 Å². The van der Waals surface area contributed by atoms with Crippen molar-refractivity contribution in [2.45, 2.75) is 116 Å². The zero-order valence-corrected chi connectivity index (χ0v) is 20.4. The van der Waals surface area contributed by atoms with Gasteiger partial charge in [0.2, 0.25) is 0 Å². The highest BCUT2D eigenvalue weighted by atomic mass is 35.5. The first-order valence-electron chi connectivity index (χ1n) is 12.2. The molecule has 0 heterocycles. The van der Waals surface area contributed by atoms with E-state index in [1.54, 1.807) is 38.1 Å². The van der Waals surface area contributed by atoms with Crippen molar-refractivity contribution in [2.75, 3.05) is 6.54 Å². The molecule has 1 rings (SSSR count). The van der Waals surface area contributed by atoms with Crippen molar-refractivity contribution in [3.8, 4) is 5.75 Å². The maximum absolute atomic E-state index is 12.4. The Hall–Kier alpha value is -1.22. The SMILES string of the molecule is CCCCCCCCCCCCCCCCNC(=O)C(C)(C)Oc1ccc(Cl)cc1. The zero-order chi connectivity index (χ0) is 22.1. The fourth-order valence-corrected chi connectivity index (χ4v) is 3.70. The average molecular weight is 438 g/mol. The number of carbonyl (C=O) groups excluding carboxylic acids is 1. The molecule has 1 aromatic carbocycles. The molecule has 0 aromatic heterocycles. The third kappa shape index (κ3) is 13.2. The van der Waals surface area contributed by atoms with E-state index in [0.717, 1.165) is 6.42 Å². The summed E-state index contributed by atoms with van der Waals surface area (Å²) in [5.74, 6) is 0.572. The van der Waals surface area contributed by atoms with Gasteiger partial charge in [-0.2, -0.15) is 0 Å². The van der Waals surface area contributed by atoms with Gasteiger partial charge in [-0.1, -0.05) is 102 Å². The van der Waals surface area contributed by atoms with Gasteiger partial charge in [-0.05, 0) is 44.5 Å². The number of rotatable bonds is 18. The second-order valence-electron chi connectivity index (χ2n) is 8.92. The summed E-state index contributed by atoms with van der Waals surface area (Å²) in [7, 11) is 0. The summed E-state index contributed by atoms with van der Waals surface area (Å²) in [4.78, 5) is 12.4. The smallest absolute Gasteiger partial charge is 0.263 e. The molecular formula is C26H44ClNO2. The van der Waals surface area contributed by atoms with E-state index in [2.05, 4.69) is 12.2 Å². The fourth-order valence-electron chi connectivity index (χ4n) is 3.58. The summed E-state index contributed by atoms with van der Waals surface area (Å²) in [6.45, 7) is 6.57. The molecule has 30 heavy (non-hydrogen) atoms. The van der Waals surface area contributed by atoms with Crippen LogP contribution in [-0.4, -0.2) is 18.1 Å². The number of hydrogen-bond acceptors (Lipinski definition) is 2. The van der Waals surface area contributed by atoms with Crippen LogP contribution in [0.1, 0.15) is 111 Å². The van der Waals surface area contributed by atoms with Crippen LogP contribution in [0.25, 0.3) is 0 Å². The number of nitrogens with one attached hydrogen (secondary N) is 1. The van der Waals surface area contributed by atoms with Gasteiger partial charge in [0.25, 0.3) is 5.91 Å². The van der Waals surface area contributed by atoms with Crippen molar-refractivity contribution in [3.05, 3.63) is 29.3 Å². The van der Waals surface area contributed by atoms with Crippen molar-refractivity contribution in [1.82, 2.24) is 5.32 Å². The minimum Gasteiger partial charge on any atom is -0.478 e. The van der Waals surface area contributed by atoms with E-state index in [1.807, 2.05) is 0 Å². The quantitative estimate of drug-likeness (QED) is 0.235. The molecule has 0 saturated carbocycles. The minimum atomic E-state index is -0.899. The van der Waals surface area contributed by atoms with E-state index < -0.39 is 5.60 Å². The molecule has 0 radical (unpaired) electrons. The predicted octanol–water partition coefficient (Wildman–Crippen LogP) is 8.09. The number of hydrogen-bond donors (Lipinski definition) is 1. The average Bonchev–Trinajstić information content (AvgIpc) is 2.72. The van der Waals surface area contributed by atoms with Crippen LogP contribution in [0, 0.1) is 0 Å². The second-order valence-corrected chi connectivity index (χ2v) is 9.35. The van der Waals surface area contributed by atoms with E-state index in [9.17, 15) is 4.79 Å². The van der Waals surface area contributed by atoms with Crippen LogP contribution < -0.4 is 10.1 Å². The monoisotopic (exact) mass is 437 g/mol. The molecule has 0 aliphatic heterocycles. The van der Waals surface area contributed by atoms with Crippen LogP contribution in [-0.2, 0) is 4.79 Å². The first-order chi connectivity index (χ1) is 14.5. The first-order valence-corrected chi connectivity index (χ1v) is 12.6. The molecule has 0 bridgehead atoms. The molecule has 0 aliphatic rings. The topological polar surface area (TPSA) is 38.3 Å². The van der Waals surface area contributed by atoms with Gasteiger partial charge in [-0.3, -0.25) is 4.79 Å². The van der Waals surface area contributed by atoms with Gasteiger partial charge in [-0.15, -0.1) is 0 Å². The van der Waals surface area contributed by atoms with E-state index in [-0.39, 0.29) is 5.91 Å². The number of halogens is 1. The van der Waals surface area contributed by atoms with Gasteiger partial charge in [0, 0.05) is 11.6 Å². The summed E-state index contributed by atoms with van der Waals surface area (Å²) in [5.41, 5.74) is -0.899. The van der Waals surface area contributed by atoms with Gasteiger partial charge >= 0.3 is 0 Å². The van der Waals surface area contributed by atoms with Crippen LogP contribution in [0.4, 0.5) is 0 Å². The predicted molar refractivity (Wildman–Crippen MR) is 129 cm³/mol. The summed E-state index contributed by atoms with van der Waals surface area (Å²) < 4.78 is 5.82. The molecule has 0 spiro atoms. The van der Waals surface area contributed by atoms with Gasteiger partial charge in [0.15, 0.2) is 5.60 Å². The van der Waals surface area contributed by atoms with Gasteiger partial charge in [0.1, 0.15) is 5.75 Å². The Labute approximate surface area is 190 Å². The highest BCUT2D eigenvalue weighted by Crippen LogP contribution is 2.21. The summed E-state index contributed by atoms with van der Waals surface area (Å²) in [5, 5.41) is 3.66. The van der Waals surface area contributed by atoms with E-state index >= 15 is 0 Å². The van der Waals surface area contributed by atoms with E-state index in [4.69, 9.17) is 16.3 Å². The Morgan fingerprint density at radius 3 is 1.70 bits per heavy atom. The van der Waals surface area contributed by atoms with Crippen molar-refractivity contribution in [2.24, 2.45) is 0 Å². The molecule has 3 nitrogen and oxygen atoms in total. The number of ether oxygens (including phenoxy) is 1. The maximum atomic E-state index is 12.4. The molecule has 1 N–H and O–H groups in total. The van der Waals surface area contributed by atoms with Crippen molar-refractivity contribution >= 4 is 17.5 Å². The Bertz CT molecular complexity index is 557. The molecule has 0 saturated heterocycles. The Morgan fingerprint density at radius 2 is 1.23 bits per heavy atom. The lowest BCUT2D eigenvalue weighted by Crippen LogP contribution is -2.46. The molecule has 0 atom stereocenters. The third-order valence-corrected chi connectivity index (χ3v) is 5.80. The van der Waals surface area contributed by atoms with Crippen LogP contribution in [0.15, 0.2) is 24.3 Å². The molecule has 0 fully saturated rings. The Kier molecular flexibility index (Phi) is 14.7. The molecular weight excluding hydrogens is 394 g/mol. The van der Waals surface area contributed by atoms with Crippen molar-refractivity contribution in [3.63, 3.8) is 0 Å². The third-order valence-electron chi connectivity index (χ3n) is 5.55. The van der Waals surface area contributed by atoms with E-state index in [0.29, 0.717) is 17.3 Å². The highest BCUT2D eigenvalue weighted by Gasteiger charge is 2.29. The van der Waals surface area contributed by atoms with Crippen LogP contribution in [0.3, 0.4) is 0 Å². The van der Waals surface area contributed by atoms with Crippen molar-refractivity contribution < 1.29 is 9.53 Å². The molecule has 1 amide bonds. The second kappa shape index (κ2) is 16.5. The first kappa shape index (κ1) is 26.8. The summed E-state index contributed by atoms with van der Waals surface area (Å²) in [6, 6.07) is 7.09. The minimum absolute atomic E-state index is 0.0767. The lowest BCUT2D eigenvalue weighted by atomic mass is 10.0. The number of benzene rings is 1. The van der Waals surface area contributed by atoms with Crippen molar-refractivity contribution in [1.29, 1.82) is 0 Å². The van der Waals surface area contributed by atoms with Gasteiger partial charge < -0.3 is 10.1 Å². The zero-order valence-electron chi connectivity index (χ0n) is 19.6. The normalized spacial score (nSPS) is 11.5. The van der Waals surface area contributed by atoms with Gasteiger partial charge in [-0.25, -0.2) is 0 Å². The number of unbranched alkanes of at least 4 members (excludes halogenated alkanes) is 13. The van der Waals surface area contributed by atoms with Crippen LogP contribution in [0.5, 0.6) is 5.75 Å². The van der Waals surface area contributed by atoms with Gasteiger partial charge in [0.05, 0.1) is 0 Å². The molecule has 0 unspecified atom stereocenters. The maximum Gasteiger partial charge on any atom is 0.263 e. The molecule has 1 aromatic rings. The Morgan fingerprint density at radius 1 is 0.800 bits per heavy atom. The Balaban J connectivity index is 1.95. The number of amides is 1. The summed E-state index contributed by atoms with van der Waals surface area (Å²) >= 11 is 5.89. The lowest BCUT2D eigenvalue weighted by molar-refractivity contribution is -0.134. The lowest BCUT2D eigenvalue weighted by Gasteiger charge is -2.25. The van der Waals surface area contributed by atoms with Crippen LogP contribution >= 0.6 is 11.6 Å². The fraction of sp³-hybridized carbons (Fsp3) is 0.731. The largest absolute Gasteiger partial charge is 0.478 e. The highest BCUT2D eigenvalue weighted by molar-refractivity contribution is 6.30. The molecule has 4 heteroatoms. The van der Waals surface area contributed by atoms with E-state index in [1.165, 1.54) is 83.5 Å². The number of carbonyl (C=O) groups is 1.